The van der Waals surface area contributed by atoms with E-state index in [1.54, 1.807) is 6.92 Å². The Balaban J connectivity index is 2.25. The van der Waals surface area contributed by atoms with Crippen LogP contribution in [0.3, 0.4) is 0 Å². The minimum absolute atomic E-state index is 0.0123. The number of nitrogens with zero attached hydrogens (tertiary/aromatic N) is 1. The third-order valence-corrected chi connectivity index (χ3v) is 4.77. The molecule has 4 nitrogen and oxygen atoms in total. The monoisotopic (exact) mass is 321 g/mol. The summed E-state index contributed by atoms with van der Waals surface area (Å²) < 4.78 is 1.08. The Kier molecular flexibility index (Phi) is 3.63. The second kappa shape index (κ2) is 5.31. The van der Waals surface area contributed by atoms with Crippen molar-refractivity contribution in [2.24, 2.45) is 4.99 Å². The van der Waals surface area contributed by atoms with Crippen LogP contribution in [-0.4, -0.2) is 23.7 Å². The molecule has 0 aliphatic carbocycles. The van der Waals surface area contributed by atoms with E-state index in [4.69, 9.17) is 11.6 Å². The van der Waals surface area contributed by atoms with Crippen LogP contribution in [0.1, 0.15) is 29.1 Å². The van der Waals surface area contributed by atoms with Gasteiger partial charge in [0.05, 0.1) is 11.4 Å². The number of thiophene rings is 1. The van der Waals surface area contributed by atoms with E-state index in [0.717, 1.165) is 31.9 Å². The van der Waals surface area contributed by atoms with Gasteiger partial charge in [0.2, 0.25) is 0 Å². The van der Waals surface area contributed by atoms with Gasteiger partial charge in [-0.3, -0.25) is 4.79 Å². The van der Waals surface area contributed by atoms with Gasteiger partial charge in [0, 0.05) is 22.7 Å². The number of fused-ring (bicyclic) bond motifs is 3. The third kappa shape index (κ3) is 2.51. The number of nitrogens with one attached hydrogen (secondary N) is 2. The van der Waals surface area contributed by atoms with Crippen molar-refractivity contribution in [3.8, 4) is 0 Å². The summed E-state index contributed by atoms with van der Waals surface area (Å²) in [7, 11) is 0. The van der Waals surface area contributed by atoms with Gasteiger partial charge in [-0.05, 0) is 38.5 Å². The molecule has 0 radical (unpaired) electrons. The first-order chi connectivity index (χ1) is 9.97. The van der Waals surface area contributed by atoms with E-state index in [2.05, 4.69) is 15.6 Å². The number of aryl methyl sites for hydroxylation is 1. The number of benzene rings is 1. The van der Waals surface area contributed by atoms with Gasteiger partial charge in [-0.2, -0.15) is 0 Å². The number of rotatable bonds is 1. The number of aliphatic imine (C=N–C) groups is 1. The highest BCUT2D eigenvalue weighted by molar-refractivity contribution is 7.21. The lowest BCUT2D eigenvalue weighted by molar-refractivity contribution is 0.0949. The average Bonchev–Trinajstić information content (AvgIpc) is 2.72. The van der Waals surface area contributed by atoms with Crippen molar-refractivity contribution < 1.29 is 4.79 Å². The Morgan fingerprint density at radius 1 is 1.48 bits per heavy atom. The molecule has 0 saturated carbocycles. The van der Waals surface area contributed by atoms with Gasteiger partial charge in [-0.1, -0.05) is 11.6 Å². The third-order valence-electron chi connectivity index (χ3n) is 3.53. The Labute approximate surface area is 132 Å². The number of carbonyl (C=O) groups excluding carboxylic acids is 1. The molecule has 0 fully saturated rings. The van der Waals surface area contributed by atoms with Crippen molar-refractivity contribution in [2.45, 2.75) is 26.8 Å². The maximum atomic E-state index is 12.3. The topological polar surface area (TPSA) is 53.5 Å². The van der Waals surface area contributed by atoms with Gasteiger partial charge in [-0.15, -0.1) is 11.3 Å². The highest BCUT2D eigenvalue weighted by atomic mass is 35.5. The van der Waals surface area contributed by atoms with Crippen LogP contribution in [0, 0.1) is 6.92 Å². The van der Waals surface area contributed by atoms with E-state index in [9.17, 15) is 4.79 Å². The standard InChI is InChI=1S/C15H16ClN3OS/c1-7-6-17-13-12-8(2)10(19-9(3)16)4-5-11(12)21-14(13)15(20)18-7/h4-5,7,17H,6H2,1-3H3,(H,18,20)/b19-9+/t7-/m1/s1. The minimum atomic E-state index is -0.0123. The molecule has 2 N–H and O–H groups in total. The summed E-state index contributed by atoms with van der Waals surface area (Å²) in [5.74, 6) is -0.0123. The van der Waals surface area contributed by atoms with Gasteiger partial charge in [0.25, 0.3) is 5.91 Å². The van der Waals surface area contributed by atoms with Crippen molar-refractivity contribution in [3.63, 3.8) is 0 Å². The second-order valence-corrected chi connectivity index (χ2v) is 6.85. The fourth-order valence-corrected chi connectivity index (χ4v) is 3.79. The van der Waals surface area contributed by atoms with Crippen LogP contribution >= 0.6 is 22.9 Å². The maximum absolute atomic E-state index is 12.3. The van der Waals surface area contributed by atoms with Crippen molar-refractivity contribution >= 4 is 55.5 Å². The predicted octanol–water partition coefficient (Wildman–Crippen LogP) is 4.04. The van der Waals surface area contributed by atoms with Gasteiger partial charge >= 0.3 is 0 Å². The summed E-state index contributed by atoms with van der Waals surface area (Å²) in [6, 6.07) is 4.05. The first-order valence-electron chi connectivity index (χ1n) is 6.79. The molecule has 1 aromatic carbocycles. The molecule has 0 saturated heterocycles. The van der Waals surface area contributed by atoms with E-state index < -0.39 is 0 Å². The molecule has 110 valence electrons. The lowest BCUT2D eigenvalue weighted by atomic mass is 10.1. The Morgan fingerprint density at radius 2 is 2.24 bits per heavy atom. The summed E-state index contributed by atoms with van der Waals surface area (Å²) in [5.41, 5.74) is 2.80. The van der Waals surface area contributed by atoms with E-state index in [1.165, 1.54) is 11.3 Å². The van der Waals surface area contributed by atoms with Gasteiger partial charge in [0.1, 0.15) is 10.0 Å². The van der Waals surface area contributed by atoms with Crippen LogP contribution in [0.25, 0.3) is 10.1 Å². The molecular weight excluding hydrogens is 306 g/mol. The molecule has 1 amide bonds. The van der Waals surface area contributed by atoms with Crippen LogP contribution in [0.2, 0.25) is 0 Å². The fraction of sp³-hybridized carbons (Fsp3) is 0.333. The normalized spacial score (nSPS) is 19.0. The van der Waals surface area contributed by atoms with Gasteiger partial charge in [-0.25, -0.2) is 4.99 Å². The van der Waals surface area contributed by atoms with Crippen LogP contribution in [-0.2, 0) is 0 Å². The highest BCUT2D eigenvalue weighted by Gasteiger charge is 2.24. The van der Waals surface area contributed by atoms with Crippen LogP contribution < -0.4 is 10.6 Å². The molecule has 6 heteroatoms. The van der Waals surface area contributed by atoms with Crippen molar-refractivity contribution in [2.75, 3.05) is 11.9 Å². The summed E-state index contributed by atoms with van der Waals surface area (Å²) in [6.45, 7) is 6.48. The van der Waals surface area contributed by atoms with E-state index >= 15 is 0 Å². The molecule has 1 aliphatic heterocycles. The van der Waals surface area contributed by atoms with Crippen molar-refractivity contribution in [1.29, 1.82) is 0 Å². The van der Waals surface area contributed by atoms with E-state index in [0.29, 0.717) is 11.7 Å². The first-order valence-corrected chi connectivity index (χ1v) is 7.98. The zero-order valence-corrected chi connectivity index (χ0v) is 13.7. The Morgan fingerprint density at radius 3 is 2.95 bits per heavy atom. The molecular formula is C15H16ClN3OS. The summed E-state index contributed by atoms with van der Waals surface area (Å²) in [4.78, 5) is 17.4. The SMILES string of the molecule is C/C(Cl)=N\c1ccc2sc3c(c2c1C)NC[C@@H](C)NC3=O. The summed E-state index contributed by atoms with van der Waals surface area (Å²) in [6.07, 6.45) is 0. The number of anilines is 1. The van der Waals surface area contributed by atoms with E-state index in [1.807, 2.05) is 26.0 Å². The zero-order valence-electron chi connectivity index (χ0n) is 12.1. The van der Waals surface area contributed by atoms with Crippen LogP contribution in [0.15, 0.2) is 17.1 Å². The molecule has 1 atom stereocenters. The lowest BCUT2D eigenvalue weighted by Gasteiger charge is -2.10. The molecule has 2 aromatic rings. The molecule has 0 unspecified atom stereocenters. The number of halogens is 1. The lowest BCUT2D eigenvalue weighted by Crippen LogP contribution is -2.34. The number of amides is 1. The molecule has 21 heavy (non-hydrogen) atoms. The predicted molar refractivity (Wildman–Crippen MR) is 90.6 cm³/mol. The summed E-state index contributed by atoms with van der Waals surface area (Å²) >= 11 is 7.40. The number of carbonyl (C=O) groups is 1. The van der Waals surface area contributed by atoms with Crippen molar-refractivity contribution in [1.82, 2.24) is 5.32 Å². The quantitative estimate of drug-likeness (QED) is 0.779. The smallest absolute Gasteiger partial charge is 0.263 e. The minimum Gasteiger partial charge on any atom is -0.381 e. The van der Waals surface area contributed by atoms with E-state index in [-0.39, 0.29) is 11.9 Å². The average molecular weight is 322 g/mol. The molecule has 2 heterocycles. The van der Waals surface area contributed by atoms with Gasteiger partial charge in [0.15, 0.2) is 0 Å². The van der Waals surface area contributed by atoms with Crippen LogP contribution in [0.4, 0.5) is 11.4 Å². The molecule has 0 spiro atoms. The molecule has 1 aliphatic rings. The molecule has 1 aromatic heterocycles. The number of hydrogen-bond acceptors (Lipinski definition) is 4. The second-order valence-electron chi connectivity index (χ2n) is 5.25. The van der Waals surface area contributed by atoms with Gasteiger partial charge < -0.3 is 10.6 Å². The Hall–Kier alpha value is -1.59. The largest absolute Gasteiger partial charge is 0.381 e. The molecule has 0 bridgehead atoms. The maximum Gasteiger partial charge on any atom is 0.263 e. The van der Waals surface area contributed by atoms with Crippen LogP contribution in [0.5, 0.6) is 0 Å². The zero-order chi connectivity index (χ0) is 15.1. The summed E-state index contributed by atoms with van der Waals surface area (Å²) in [5, 5.41) is 7.95. The Bertz CT molecular complexity index is 762. The first kappa shape index (κ1) is 14.4. The fourth-order valence-electron chi connectivity index (χ4n) is 2.56. The van der Waals surface area contributed by atoms with Crippen molar-refractivity contribution in [3.05, 3.63) is 22.6 Å². The number of hydrogen-bond donors (Lipinski definition) is 2. The molecule has 3 rings (SSSR count). The highest BCUT2D eigenvalue weighted by Crippen LogP contribution is 2.41.